The van der Waals surface area contributed by atoms with Crippen LogP contribution in [0.15, 0.2) is 0 Å². The van der Waals surface area contributed by atoms with Crippen LogP contribution in [0.5, 0.6) is 0 Å². The van der Waals surface area contributed by atoms with Crippen LogP contribution >= 0.6 is 22.6 Å². The maximum absolute atomic E-state index is 10.8. The van der Waals surface area contributed by atoms with Crippen molar-refractivity contribution in [1.29, 1.82) is 0 Å². The molecule has 0 rings (SSSR count). The monoisotopic (exact) mass is 257 g/mol. The summed E-state index contributed by atoms with van der Waals surface area (Å²) in [5, 5.41) is 2.51. The molecule has 0 aromatic carbocycles. The van der Waals surface area contributed by atoms with Crippen molar-refractivity contribution in [3.8, 4) is 0 Å². The first-order valence-corrected chi connectivity index (χ1v) is 4.64. The lowest BCUT2D eigenvalue weighted by Gasteiger charge is -2.09. The van der Waals surface area contributed by atoms with E-state index in [1.165, 1.54) is 0 Å². The minimum Gasteiger partial charge on any atom is -0.368 e. The van der Waals surface area contributed by atoms with Gasteiger partial charge in [-0.25, -0.2) is 0 Å². The molecule has 0 radical (unpaired) electrons. The molecule has 0 aromatic heterocycles. The van der Waals surface area contributed by atoms with E-state index in [-0.39, 0.29) is 12.0 Å². The molecule has 0 aliphatic heterocycles. The number of ether oxygens (including phenoxy) is 1. The Balaban J connectivity index is 3.41. The molecule has 1 unspecified atom stereocenters. The number of amides is 1. The van der Waals surface area contributed by atoms with E-state index >= 15 is 0 Å². The van der Waals surface area contributed by atoms with Crippen LogP contribution in [0.1, 0.15) is 6.92 Å². The van der Waals surface area contributed by atoms with Crippen molar-refractivity contribution in [1.82, 2.24) is 5.32 Å². The summed E-state index contributed by atoms with van der Waals surface area (Å²) in [4.78, 5) is 10.8. The van der Waals surface area contributed by atoms with E-state index in [2.05, 4.69) is 27.9 Å². The second-order valence-corrected chi connectivity index (χ2v) is 2.90. The highest BCUT2D eigenvalue weighted by Gasteiger charge is 2.09. The van der Waals surface area contributed by atoms with Crippen LogP contribution in [0.4, 0.5) is 0 Å². The summed E-state index contributed by atoms with van der Waals surface area (Å²) in [6.07, 6.45) is -0.320. The van der Waals surface area contributed by atoms with Crippen LogP contribution in [0.25, 0.3) is 0 Å². The average molecular weight is 257 g/mol. The minimum atomic E-state index is -0.320. The number of halogens is 1. The highest BCUT2D eigenvalue weighted by atomic mass is 127. The third-order valence-corrected chi connectivity index (χ3v) is 1.50. The predicted molar refractivity (Wildman–Crippen MR) is 48.4 cm³/mol. The Kier molecular flexibility index (Phi) is 6.00. The largest absolute Gasteiger partial charge is 0.368 e. The number of carbonyl (C=O) groups excluding carboxylic acids is 1. The lowest BCUT2D eigenvalue weighted by molar-refractivity contribution is -0.130. The Labute approximate surface area is 74.7 Å². The third kappa shape index (κ3) is 4.05. The van der Waals surface area contributed by atoms with E-state index in [9.17, 15) is 4.79 Å². The van der Waals surface area contributed by atoms with E-state index in [4.69, 9.17) is 4.74 Å². The molecule has 0 aliphatic rings. The van der Waals surface area contributed by atoms with Crippen molar-refractivity contribution in [3.63, 3.8) is 0 Å². The quantitative estimate of drug-likeness (QED) is 0.590. The number of alkyl halides is 1. The molecule has 0 aromatic rings. The van der Waals surface area contributed by atoms with E-state index < -0.39 is 0 Å². The fraction of sp³-hybridized carbons (Fsp3) is 0.833. The van der Waals surface area contributed by atoms with Crippen molar-refractivity contribution >= 4 is 28.5 Å². The predicted octanol–water partition coefficient (Wildman–Crippen LogP) is 0.572. The van der Waals surface area contributed by atoms with E-state index in [1.54, 1.807) is 14.0 Å². The lowest BCUT2D eigenvalue weighted by Crippen LogP contribution is -2.32. The van der Waals surface area contributed by atoms with E-state index in [0.717, 1.165) is 4.43 Å². The van der Waals surface area contributed by atoms with E-state index in [1.807, 2.05) is 0 Å². The first-order chi connectivity index (χ1) is 4.72. The summed E-state index contributed by atoms with van der Waals surface area (Å²) in [5.74, 6) is -0.0650. The molecule has 3 nitrogen and oxygen atoms in total. The zero-order valence-corrected chi connectivity index (χ0v) is 8.34. The molecule has 1 N–H and O–H groups in total. The minimum absolute atomic E-state index is 0.0650. The summed E-state index contributed by atoms with van der Waals surface area (Å²) in [5.41, 5.74) is 0. The molecular formula is C6H12INO2. The van der Waals surface area contributed by atoms with Gasteiger partial charge in [-0.1, -0.05) is 22.6 Å². The smallest absolute Gasteiger partial charge is 0.248 e. The standard InChI is InChI=1S/C6H12INO2/c1-5(6(9)8-2)10-4-3-7/h5H,3-4H2,1-2H3,(H,8,9). The average Bonchev–Trinajstić information content (AvgIpc) is 1.98. The van der Waals surface area contributed by atoms with Crippen LogP contribution in [0.2, 0.25) is 0 Å². The molecule has 1 atom stereocenters. The van der Waals surface area contributed by atoms with Gasteiger partial charge in [-0.2, -0.15) is 0 Å². The molecule has 0 fully saturated rings. The van der Waals surface area contributed by atoms with Gasteiger partial charge >= 0.3 is 0 Å². The molecule has 0 saturated carbocycles. The normalized spacial score (nSPS) is 12.7. The first-order valence-electron chi connectivity index (χ1n) is 3.11. The molecule has 60 valence electrons. The first kappa shape index (κ1) is 10.2. The fourth-order valence-electron chi connectivity index (χ4n) is 0.500. The Morgan fingerprint density at radius 2 is 2.40 bits per heavy atom. The van der Waals surface area contributed by atoms with E-state index in [0.29, 0.717) is 6.61 Å². The molecule has 4 heteroatoms. The van der Waals surface area contributed by atoms with Crippen LogP contribution in [-0.4, -0.2) is 30.1 Å². The Hall–Kier alpha value is 0.160. The third-order valence-electron chi connectivity index (χ3n) is 1.06. The van der Waals surface area contributed by atoms with Gasteiger partial charge in [-0.3, -0.25) is 4.79 Å². The maximum Gasteiger partial charge on any atom is 0.248 e. The van der Waals surface area contributed by atoms with Gasteiger partial charge in [0.05, 0.1) is 6.61 Å². The van der Waals surface area contributed by atoms with Crippen molar-refractivity contribution in [3.05, 3.63) is 0 Å². The number of nitrogens with one attached hydrogen (secondary N) is 1. The van der Waals surface area contributed by atoms with Crippen molar-refractivity contribution in [2.45, 2.75) is 13.0 Å². The van der Waals surface area contributed by atoms with Crippen LogP contribution in [0.3, 0.4) is 0 Å². The summed E-state index contributed by atoms with van der Waals surface area (Å²) < 4.78 is 6.04. The number of carbonyl (C=O) groups is 1. The summed E-state index contributed by atoms with van der Waals surface area (Å²) >= 11 is 2.20. The molecule has 0 spiro atoms. The van der Waals surface area contributed by atoms with Crippen LogP contribution in [-0.2, 0) is 9.53 Å². The van der Waals surface area contributed by atoms with Crippen LogP contribution < -0.4 is 5.32 Å². The highest BCUT2D eigenvalue weighted by Crippen LogP contribution is 1.91. The second-order valence-electron chi connectivity index (χ2n) is 1.82. The summed E-state index contributed by atoms with van der Waals surface area (Å²) in [7, 11) is 1.60. The van der Waals surface area contributed by atoms with Gasteiger partial charge in [-0.05, 0) is 6.92 Å². The van der Waals surface area contributed by atoms with Gasteiger partial charge in [0, 0.05) is 11.5 Å². The topological polar surface area (TPSA) is 38.3 Å². The fourth-order valence-corrected chi connectivity index (χ4v) is 0.755. The zero-order chi connectivity index (χ0) is 7.98. The van der Waals surface area contributed by atoms with Gasteiger partial charge in [0.15, 0.2) is 0 Å². The van der Waals surface area contributed by atoms with Gasteiger partial charge in [0.1, 0.15) is 6.10 Å². The number of rotatable bonds is 4. The van der Waals surface area contributed by atoms with Crippen molar-refractivity contribution in [2.75, 3.05) is 18.1 Å². The summed E-state index contributed by atoms with van der Waals surface area (Å²) in [6.45, 7) is 2.38. The SMILES string of the molecule is CNC(=O)C(C)OCCI. The highest BCUT2D eigenvalue weighted by molar-refractivity contribution is 14.1. The maximum atomic E-state index is 10.8. The Morgan fingerprint density at radius 3 is 2.80 bits per heavy atom. The molecule has 10 heavy (non-hydrogen) atoms. The van der Waals surface area contributed by atoms with Crippen molar-refractivity contribution < 1.29 is 9.53 Å². The van der Waals surface area contributed by atoms with Gasteiger partial charge in [0.25, 0.3) is 0 Å². The number of hydrogen-bond donors (Lipinski definition) is 1. The molecular weight excluding hydrogens is 245 g/mol. The number of hydrogen-bond acceptors (Lipinski definition) is 2. The summed E-state index contributed by atoms with van der Waals surface area (Å²) in [6, 6.07) is 0. The molecule has 1 amide bonds. The number of likely N-dealkylation sites (N-methyl/N-ethyl adjacent to an activating group) is 1. The Morgan fingerprint density at radius 1 is 1.80 bits per heavy atom. The molecule has 0 bridgehead atoms. The van der Waals surface area contributed by atoms with Gasteiger partial charge < -0.3 is 10.1 Å². The van der Waals surface area contributed by atoms with Gasteiger partial charge in [-0.15, -0.1) is 0 Å². The molecule has 0 heterocycles. The Bertz CT molecular complexity index is 108. The second kappa shape index (κ2) is 5.91. The van der Waals surface area contributed by atoms with Gasteiger partial charge in [0.2, 0.25) is 5.91 Å². The molecule has 0 saturated heterocycles. The molecule has 0 aliphatic carbocycles. The van der Waals surface area contributed by atoms with Crippen LogP contribution in [0, 0.1) is 0 Å². The zero-order valence-electron chi connectivity index (χ0n) is 6.19. The lowest BCUT2D eigenvalue weighted by atomic mass is 10.4. The van der Waals surface area contributed by atoms with Crippen molar-refractivity contribution in [2.24, 2.45) is 0 Å².